The van der Waals surface area contributed by atoms with Gasteiger partial charge in [0.25, 0.3) is 5.91 Å². The molecule has 3 heteroatoms. The van der Waals surface area contributed by atoms with Crippen LogP contribution in [0.1, 0.15) is 13.8 Å². The molecule has 1 amide bonds. The van der Waals surface area contributed by atoms with E-state index in [0.29, 0.717) is 11.0 Å². The highest BCUT2D eigenvalue weighted by Gasteiger charge is 2.11. The van der Waals surface area contributed by atoms with Gasteiger partial charge in [0.15, 0.2) is 6.54 Å². The van der Waals surface area contributed by atoms with Crippen molar-refractivity contribution < 1.29 is 9.28 Å². The molecule has 0 aliphatic carbocycles. The maximum absolute atomic E-state index is 10.7. The van der Waals surface area contributed by atoms with Gasteiger partial charge in [-0.3, -0.25) is 4.79 Å². The van der Waals surface area contributed by atoms with Gasteiger partial charge in [0, 0.05) is 7.05 Å². The Morgan fingerprint density at radius 1 is 1.27 bits per heavy atom. The number of nitrogens with zero attached hydrogens (tertiary/aromatic N) is 1. The summed E-state index contributed by atoms with van der Waals surface area (Å²) in [7, 11) is 7.59. The molecule has 0 heterocycles. The molecule has 0 unspecified atom stereocenters. The summed E-state index contributed by atoms with van der Waals surface area (Å²) in [6.45, 7) is 4.54. The zero-order valence-electron chi connectivity index (χ0n) is 8.56. The number of carbonyl (C=O) groups is 1. The van der Waals surface area contributed by atoms with Gasteiger partial charge in [0.2, 0.25) is 0 Å². The second-order valence-corrected chi connectivity index (χ2v) is 3.12. The van der Waals surface area contributed by atoms with Crippen molar-refractivity contribution in [3.63, 3.8) is 0 Å². The predicted molar refractivity (Wildman–Crippen MR) is 48.3 cm³/mol. The van der Waals surface area contributed by atoms with E-state index in [2.05, 4.69) is 5.32 Å². The quantitative estimate of drug-likeness (QED) is 0.586. The summed E-state index contributed by atoms with van der Waals surface area (Å²) >= 11 is 0. The molecule has 0 saturated carbocycles. The summed E-state index contributed by atoms with van der Waals surface area (Å²) in [5.74, 6) is 0.0856. The molecule has 0 atom stereocenters. The van der Waals surface area contributed by atoms with Gasteiger partial charge in [-0.25, -0.2) is 0 Å². The van der Waals surface area contributed by atoms with E-state index in [9.17, 15) is 4.79 Å². The number of hydrogen-bond donors (Lipinski definition) is 1. The molecule has 1 N–H and O–H groups in total. The SMILES string of the molecule is CC.CNC(=O)C[N+](C)(C)C. The summed E-state index contributed by atoms with van der Waals surface area (Å²) in [6.07, 6.45) is 0. The third-order valence-electron chi connectivity index (χ3n) is 0.897. The van der Waals surface area contributed by atoms with Gasteiger partial charge >= 0.3 is 0 Å². The van der Waals surface area contributed by atoms with Crippen LogP contribution >= 0.6 is 0 Å². The van der Waals surface area contributed by atoms with Crippen LogP contribution in [0.25, 0.3) is 0 Å². The Kier molecular flexibility index (Phi) is 7.31. The lowest BCUT2D eigenvalue weighted by Gasteiger charge is -2.22. The van der Waals surface area contributed by atoms with Crippen LogP contribution in [-0.4, -0.2) is 45.1 Å². The number of rotatable bonds is 2. The Hall–Kier alpha value is -0.570. The maximum Gasteiger partial charge on any atom is 0.274 e. The molecule has 0 aromatic rings. The molecule has 0 bridgehead atoms. The fourth-order valence-corrected chi connectivity index (χ4v) is 0.510. The normalized spacial score (nSPS) is 9.64. The summed E-state index contributed by atoms with van der Waals surface area (Å²) < 4.78 is 0.680. The average Bonchev–Trinajstić information content (AvgIpc) is 1.89. The zero-order valence-corrected chi connectivity index (χ0v) is 8.56. The molecule has 0 radical (unpaired) electrons. The number of hydrogen-bond acceptors (Lipinski definition) is 1. The van der Waals surface area contributed by atoms with E-state index in [1.54, 1.807) is 7.05 Å². The molecule has 0 aromatic carbocycles. The summed E-state index contributed by atoms with van der Waals surface area (Å²) in [5, 5.41) is 2.57. The lowest BCUT2D eigenvalue weighted by Crippen LogP contribution is -2.43. The van der Waals surface area contributed by atoms with Gasteiger partial charge < -0.3 is 9.80 Å². The second-order valence-electron chi connectivity index (χ2n) is 3.12. The first-order valence-electron chi connectivity index (χ1n) is 3.97. The summed E-state index contributed by atoms with van der Waals surface area (Å²) in [5.41, 5.74) is 0. The van der Waals surface area contributed by atoms with Crippen LogP contribution in [0.2, 0.25) is 0 Å². The van der Waals surface area contributed by atoms with Gasteiger partial charge in [-0.1, -0.05) is 13.8 Å². The van der Waals surface area contributed by atoms with Crippen LogP contribution < -0.4 is 5.32 Å². The summed E-state index contributed by atoms with van der Waals surface area (Å²) in [6, 6.07) is 0. The minimum atomic E-state index is 0.0856. The number of carbonyl (C=O) groups excluding carboxylic acids is 1. The third kappa shape index (κ3) is 12.6. The first-order valence-corrected chi connectivity index (χ1v) is 3.97. The smallest absolute Gasteiger partial charge is 0.274 e. The van der Waals surface area contributed by atoms with E-state index in [1.807, 2.05) is 35.0 Å². The number of quaternary nitrogens is 1. The van der Waals surface area contributed by atoms with Crippen LogP contribution in [0, 0.1) is 0 Å². The monoisotopic (exact) mass is 161 g/mol. The van der Waals surface area contributed by atoms with Crippen molar-refractivity contribution in [3.05, 3.63) is 0 Å². The lowest BCUT2D eigenvalue weighted by atomic mass is 10.5. The van der Waals surface area contributed by atoms with Crippen molar-refractivity contribution in [2.75, 3.05) is 34.7 Å². The minimum absolute atomic E-state index is 0.0856. The number of likely N-dealkylation sites (N-methyl/N-ethyl adjacent to an activating group) is 2. The second kappa shape index (κ2) is 6.16. The average molecular weight is 161 g/mol. The number of amides is 1. The molecule has 0 saturated heterocycles. The molecule has 0 aliphatic heterocycles. The highest BCUT2D eigenvalue weighted by atomic mass is 16.2. The molecular formula is C8H21N2O+. The fourth-order valence-electron chi connectivity index (χ4n) is 0.510. The van der Waals surface area contributed by atoms with Gasteiger partial charge in [-0.05, 0) is 0 Å². The van der Waals surface area contributed by atoms with E-state index >= 15 is 0 Å². The predicted octanol–water partition coefficient (Wildman–Crippen LogP) is 0.465. The molecule has 0 spiro atoms. The first kappa shape index (κ1) is 13.1. The fraction of sp³-hybridized carbons (Fsp3) is 0.875. The Bertz CT molecular complexity index is 105. The molecule has 3 nitrogen and oxygen atoms in total. The van der Waals surface area contributed by atoms with Gasteiger partial charge in [-0.15, -0.1) is 0 Å². The largest absolute Gasteiger partial charge is 0.354 e. The standard InChI is InChI=1S/C6H14N2O.C2H6/c1-7-6(9)5-8(2,3)4;1-2/h5H2,1-4H3;1-2H3/p+1. The van der Waals surface area contributed by atoms with Crippen molar-refractivity contribution in [1.29, 1.82) is 0 Å². The maximum atomic E-state index is 10.7. The first-order chi connectivity index (χ1) is 4.95. The molecule has 0 aromatic heterocycles. The highest BCUT2D eigenvalue weighted by molar-refractivity contribution is 5.76. The van der Waals surface area contributed by atoms with Crippen molar-refractivity contribution in [2.24, 2.45) is 0 Å². The molecule has 68 valence electrons. The van der Waals surface area contributed by atoms with E-state index in [-0.39, 0.29) is 5.91 Å². The highest BCUT2D eigenvalue weighted by Crippen LogP contribution is 1.86. The van der Waals surface area contributed by atoms with E-state index < -0.39 is 0 Å². The summed E-state index contributed by atoms with van der Waals surface area (Å²) in [4.78, 5) is 10.7. The Morgan fingerprint density at radius 3 is 1.73 bits per heavy atom. The Morgan fingerprint density at radius 2 is 1.64 bits per heavy atom. The van der Waals surface area contributed by atoms with Crippen LogP contribution in [0.15, 0.2) is 0 Å². The van der Waals surface area contributed by atoms with Crippen molar-refractivity contribution in [1.82, 2.24) is 5.32 Å². The zero-order chi connectivity index (χ0) is 9.49. The minimum Gasteiger partial charge on any atom is -0.354 e. The van der Waals surface area contributed by atoms with Crippen LogP contribution in [0.5, 0.6) is 0 Å². The van der Waals surface area contributed by atoms with Crippen LogP contribution in [0.4, 0.5) is 0 Å². The van der Waals surface area contributed by atoms with Crippen LogP contribution in [0.3, 0.4) is 0 Å². The molecule has 0 aliphatic rings. The van der Waals surface area contributed by atoms with E-state index in [0.717, 1.165) is 0 Å². The van der Waals surface area contributed by atoms with E-state index in [1.165, 1.54) is 0 Å². The van der Waals surface area contributed by atoms with Gasteiger partial charge in [-0.2, -0.15) is 0 Å². The Balaban J connectivity index is 0. The topological polar surface area (TPSA) is 29.1 Å². The molecule has 11 heavy (non-hydrogen) atoms. The lowest BCUT2D eigenvalue weighted by molar-refractivity contribution is -0.862. The third-order valence-corrected chi connectivity index (χ3v) is 0.897. The van der Waals surface area contributed by atoms with Crippen molar-refractivity contribution in [3.8, 4) is 0 Å². The van der Waals surface area contributed by atoms with Crippen LogP contribution in [-0.2, 0) is 4.79 Å². The van der Waals surface area contributed by atoms with E-state index in [4.69, 9.17) is 0 Å². The van der Waals surface area contributed by atoms with Gasteiger partial charge in [0.1, 0.15) is 0 Å². The molecule has 0 rings (SSSR count). The number of nitrogens with one attached hydrogen (secondary N) is 1. The van der Waals surface area contributed by atoms with Crippen molar-refractivity contribution >= 4 is 5.91 Å². The van der Waals surface area contributed by atoms with Gasteiger partial charge in [0.05, 0.1) is 21.1 Å². The molecular weight excluding hydrogens is 140 g/mol. The molecule has 0 fully saturated rings. The Labute approximate surface area is 70.0 Å². The van der Waals surface area contributed by atoms with Crippen molar-refractivity contribution in [2.45, 2.75) is 13.8 Å².